The van der Waals surface area contributed by atoms with E-state index in [0.717, 1.165) is 25.2 Å². The third kappa shape index (κ3) is 2.39. The van der Waals surface area contributed by atoms with Crippen LogP contribution >= 0.6 is 0 Å². The SMILES string of the molecule is COC(=O)c1ncccc1CN1CCCC1. The average Bonchev–Trinajstić information content (AvgIpc) is 2.82. The number of esters is 1. The maximum Gasteiger partial charge on any atom is 0.356 e. The van der Waals surface area contributed by atoms with Gasteiger partial charge in [-0.3, -0.25) is 4.90 Å². The Balaban J connectivity index is 2.15. The summed E-state index contributed by atoms with van der Waals surface area (Å²) >= 11 is 0. The summed E-state index contributed by atoms with van der Waals surface area (Å²) in [5.74, 6) is -0.352. The molecule has 0 unspecified atom stereocenters. The Morgan fingerprint density at radius 1 is 1.50 bits per heavy atom. The summed E-state index contributed by atoms with van der Waals surface area (Å²) in [6, 6.07) is 3.80. The zero-order valence-corrected chi connectivity index (χ0v) is 9.48. The van der Waals surface area contributed by atoms with E-state index in [9.17, 15) is 4.79 Å². The fourth-order valence-electron chi connectivity index (χ4n) is 2.03. The first kappa shape index (κ1) is 11.1. The zero-order valence-electron chi connectivity index (χ0n) is 9.48. The van der Waals surface area contributed by atoms with Gasteiger partial charge >= 0.3 is 5.97 Å². The Bertz CT molecular complexity index is 373. The molecule has 4 heteroatoms. The van der Waals surface area contributed by atoms with Crippen LogP contribution < -0.4 is 0 Å². The van der Waals surface area contributed by atoms with Gasteiger partial charge in [-0.15, -0.1) is 0 Å². The molecule has 0 aromatic carbocycles. The van der Waals surface area contributed by atoms with Gasteiger partial charge in [-0.25, -0.2) is 9.78 Å². The van der Waals surface area contributed by atoms with Crippen molar-refractivity contribution < 1.29 is 9.53 Å². The Morgan fingerprint density at radius 3 is 2.94 bits per heavy atom. The van der Waals surface area contributed by atoms with Crippen molar-refractivity contribution in [3.63, 3.8) is 0 Å². The molecule has 0 atom stereocenters. The van der Waals surface area contributed by atoms with E-state index < -0.39 is 0 Å². The molecular weight excluding hydrogens is 204 g/mol. The highest BCUT2D eigenvalue weighted by Crippen LogP contribution is 2.15. The first-order chi connectivity index (χ1) is 7.81. The van der Waals surface area contributed by atoms with Crippen molar-refractivity contribution in [2.24, 2.45) is 0 Å². The number of aromatic nitrogens is 1. The highest BCUT2D eigenvalue weighted by atomic mass is 16.5. The third-order valence-electron chi connectivity index (χ3n) is 2.86. The summed E-state index contributed by atoms with van der Waals surface area (Å²) in [6.07, 6.45) is 4.11. The van der Waals surface area contributed by atoms with Crippen LogP contribution in [-0.2, 0) is 11.3 Å². The van der Waals surface area contributed by atoms with Crippen LogP contribution in [-0.4, -0.2) is 36.1 Å². The number of methoxy groups -OCH3 is 1. The van der Waals surface area contributed by atoms with Gasteiger partial charge in [-0.2, -0.15) is 0 Å². The van der Waals surface area contributed by atoms with E-state index in [1.807, 2.05) is 12.1 Å². The summed E-state index contributed by atoms with van der Waals surface area (Å²) in [5, 5.41) is 0. The van der Waals surface area contributed by atoms with Gasteiger partial charge in [0.15, 0.2) is 5.69 Å². The minimum absolute atomic E-state index is 0.352. The lowest BCUT2D eigenvalue weighted by atomic mass is 10.2. The fourth-order valence-corrected chi connectivity index (χ4v) is 2.03. The second kappa shape index (κ2) is 5.07. The monoisotopic (exact) mass is 220 g/mol. The number of pyridine rings is 1. The third-order valence-corrected chi connectivity index (χ3v) is 2.86. The van der Waals surface area contributed by atoms with Gasteiger partial charge in [-0.1, -0.05) is 6.07 Å². The molecule has 0 saturated carbocycles. The fraction of sp³-hybridized carbons (Fsp3) is 0.500. The van der Waals surface area contributed by atoms with Crippen LogP contribution in [0.4, 0.5) is 0 Å². The van der Waals surface area contributed by atoms with Gasteiger partial charge in [0, 0.05) is 12.7 Å². The number of nitrogens with zero attached hydrogens (tertiary/aromatic N) is 2. The van der Waals surface area contributed by atoms with Crippen molar-refractivity contribution in [1.82, 2.24) is 9.88 Å². The molecule has 1 aliphatic heterocycles. The molecule has 1 saturated heterocycles. The number of hydrogen-bond donors (Lipinski definition) is 0. The molecule has 4 nitrogen and oxygen atoms in total. The molecule has 0 bridgehead atoms. The van der Waals surface area contributed by atoms with E-state index in [0.29, 0.717) is 5.69 Å². The summed E-state index contributed by atoms with van der Waals surface area (Å²) < 4.78 is 4.72. The van der Waals surface area contributed by atoms with Crippen LogP contribution in [0.15, 0.2) is 18.3 Å². The summed E-state index contributed by atoms with van der Waals surface area (Å²) in [7, 11) is 1.39. The highest BCUT2D eigenvalue weighted by Gasteiger charge is 2.17. The van der Waals surface area contributed by atoms with Gasteiger partial charge < -0.3 is 4.74 Å². The predicted molar refractivity (Wildman–Crippen MR) is 60.1 cm³/mol. The minimum Gasteiger partial charge on any atom is -0.464 e. The number of carbonyl (C=O) groups is 1. The summed E-state index contributed by atoms with van der Waals surface area (Å²) in [4.78, 5) is 17.9. The molecule has 1 aliphatic rings. The summed E-state index contributed by atoms with van der Waals surface area (Å²) in [6.45, 7) is 3.00. The van der Waals surface area contributed by atoms with Crippen LogP contribution in [0.1, 0.15) is 28.9 Å². The van der Waals surface area contributed by atoms with E-state index in [1.54, 1.807) is 6.20 Å². The first-order valence-corrected chi connectivity index (χ1v) is 5.56. The molecular formula is C12H16N2O2. The molecule has 0 amide bonds. The van der Waals surface area contributed by atoms with Gasteiger partial charge in [0.1, 0.15) is 0 Å². The number of rotatable bonds is 3. The van der Waals surface area contributed by atoms with E-state index in [4.69, 9.17) is 4.74 Å². The standard InChI is InChI=1S/C12H16N2O2/c1-16-12(15)11-10(5-4-6-13-11)9-14-7-2-3-8-14/h4-6H,2-3,7-9H2,1H3. The van der Waals surface area contributed by atoms with Crippen LogP contribution in [0, 0.1) is 0 Å². The lowest BCUT2D eigenvalue weighted by Gasteiger charge is -2.15. The normalized spacial score (nSPS) is 16.3. The van der Waals surface area contributed by atoms with Crippen LogP contribution in [0.25, 0.3) is 0 Å². The second-order valence-corrected chi connectivity index (χ2v) is 3.99. The van der Waals surface area contributed by atoms with Crippen molar-refractivity contribution in [3.05, 3.63) is 29.6 Å². The molecule has 2 heterocycles. The lowest BCUT2D eigenvalue weighted by molar-refractivity contribution is 0.0591. The summed E-state index contributed by atoms with van der Waals surface area (Å²) in [5.41, 5.74) is 1.40. The second-order valence-electron chi connectivity index (χ2n) is 3.99. The molecule has 0 N–H and O–H groups in total. The molecule has 1 fully saturated rings. The maximum absolute atomic E-state index is 11.5. The Hall–Kier alpha value is -1.42. The molecule has 16 heavy (non-hydrogen) atoms. The average molecular weight is 220 g/mol. The van der Waals surface area contributed by atoms with Gasteiger partial charge in [0.05, 0.1) is 7.11 Å². The quantitative estimate of drug-likeness (QED) is 0.723. The first-order valence-electron chi connectivity index (χ1n) is 5.56. The number of carbonyl (C=O) groups excluding carboxylic acids is 1. The van der Waals surface area contributed by atoms with Crippen LogP contribution in [0.3, 0.4) is 0 Å². The van der Waals surface area contributed by atoms with E-state index in [1.165, 1.54) is 20.0 Å². The highest BCUT2D eigenvalue weighted by molar-refractivity contribution is 5.88. The molecule has 0 spiro atoms. The van der Waals surface area contributed by atoms with Crippen molar-refractivity contribution in [3.8, 4) is 0 Å². The van der Waals surface area contributed by atoms with Gasteiger partial charge in [0.25, 0.3) is 0 Å². The van der Waals surface area contributed by atoms with Gasteiger partial charge in [-0.05, 0) is 37.6 Å². The van der Waals surface area contributed by atoms with Crippen LogP contribution in [0.5, 0.6) is 0 Å². The topological polar surface area (TPSA) is 42.4 Å². The number of hydrogen-bond acceptors (Lipinski definition) is 4. The molecule has 1 aromatic rings. The van der Waals surface area contributed by atoms with Crippen molar-refractivity contribution >= 4 is 5.97 Å². The Labute approximate surface area is 95.2 Å². The van der Waals surface area contributed by atoms with E-state index in [2.05, 4.69) is 9.88 Å². The largest absolute Gasteiger partial charge is 0.464 e. The number of ether oxygens (including phenoxy) is 1. The zero-order chi connectivity index (χ0) is 11.4. The number of likely N-dealkylation sites (tertiary alicyclic amines) is 1. The Morgan fingerprint density at radius 2 is 2.25 bits per heavy atom. The van der Waals surface area contributed by atoms with E-state index in [-0.39, 0.29) is 5.97 Å². The lowest BCUT2D eigenvalue weighted by Crippen LogP contribution is -2.21. The molecule has 2 rings (SSSR count). The van der Waals surface area contributed by atoms with Crippen molar-refractivity contribution in [2.45, 2.75) is 19.4 Å². The molecule has 0 aliphatic carbocycles. The Kier molecular flexibility index (Phi) is 3.51. The van der Waals surface area contributed by atoms with Crippen LogP contribution in [0.2, 0.25) is 0 Å². The molecule has 86 valence electrons. The maximum atomic E-state index is 11.5. The molecule has 1 aromatic heterocycles. The smallest absolute Gasteiger partial charge is 0.356 e. The van der Waals surface area contributed by atoms with Gasteiger partial charge in [0.2, 0.25) is 0 Å². The van der Waals surface area contributed by atoms with Crippen molar-refractivity contribution in [1.29, 1.82) is 0 Å². The van der Waals surface area contributed by atoms with Crippen molar-refractivity contribution in [2.75, 3.05) is 20.2 Å². The molecule has 0 radical (unpaired) electrons. The van der Waals surface area contributed by atoms with E-state index >= 15 is 0 Å². The predicted octanol–water partition coefficient (Wildman–Crippen LogP) is 1.46. The minimum atomic E-state index is -0.352.